The zero-order valence-electron chi connectivity index (χ0n) is 14.0. The van der Waals surface area contributed by atoms with E-state index in [1.54, 1.807) is 39.3 Å². The van der Waals surface area contributed by atoms with Gasteiger partial charge >= 0.3 is 0 Å². The Labute approximate surface area is 151 Å². The summed E-state index contributed by atoms with van der Waals surface area (Å²) in [5.74, 6) is 1.10. The lowest BCUT2D eigenvalue weighted by molar-refractivity contribution is 0.347. The van der Waals surface area contributed by atoms with Crippen LogP contribution in [-0.4, -0.2) is 34.0 Å². The van der Waals surface area contributed by atoms with Gasteiger partial charge in [-0.2, -0.15) is 4.31 Å². The average Bonchev–Trinajstić information content (AvgIpc) is 2.56. The standard InChI is InChI=1S/C17H20BrNO4S/c1-12-8-9-14(18)10-16(12)24(20,21)19(2)11-13-6-5-7-15(22-3)17(13)23-4/h5-10H,11H2,1-4H3. The summed E-state index contributed by atoms with van der Waals surface area (Å²) in [6.45, 7) is 1.95. The van der Waals surface area contributed by atoms with Crippen LogP contribution in [0.25, 0.3) is 0 Å². The second kappa shape index (κ2) is 7.55. The Morgan fingerprint density at radius 3 is 2.46 bits per heavy atom. The van der Waals surface area contributed by atoms with Crippen LogP contribution < -0.4 is 9.47 Å². The third-order valence-corrected chi connectivity index (χ3v) is 6.15. The van der Waals surface area contributed by atoms with Crippen LogP contribution in [0.4, 0.5) is 0 Å². The highest BCUT2D eigenvalue weighted by atomic mass is 79.9. The molecular weight excluding hydrogens is 394 g/mol. The van der Waals surface area contributed by atoms with Crippen LogP contribution in [0.1, 0.15) is 11.1 Å². The van der Waals surface area contributed by atoms with E-state index in [1.165, 1.54) is 11.4 Å². The van der Waals surface area contributed by atoms with Gasteiger partial charge in [0.2, 0.25) is 10.0 Å². The lowest BCUT2D eigenvalue weighted by atomic mass is 10.2. The minimum Gasteiger partial charge on any atom is -0.493 e. The Balaban J connectivity index is 2.39. The molecule has 2 rings (SSSR count). The van der Waals surface area contributed by atoms with E-state index in [4.69, 9.17) is 9.47 Å². The SMILES string of the molecule is COc1cccc(CN(C)S(=O)(=O)c2cc(Br)ccc2C)c1OC. The van der Waals surface area contributed by atoms with Crippen LogP contribution in [0.5, 0.6) is 11.5 Å². The predicted molar refractivity (Wildman–Crippen MR) is 97.1 cm³/mol. The van der Waals surface area contributed by atoms with Gasteiger partial charge in [-0.1, -0.05) is 34.1 Å². The van der Waals surface area contributed by atoms with Crippen LogP contribution in [0.3, 0.4) is 0 Å². The Morgan fingerprint density at radius 2 is 1.83 bits per heavy atom. The Hall–Kier alpha value is -1.57. The molecule has 2 aromatic rings. The van der Waals surface area contributed by atoms with Crippen molar-refractivity contribution < 1.29 is 17.9 Å². The smallest absolute Gasteiger partial charge is 0.243 e. The fourth-order valence-electron chi connectivity index (χ4n) is 2.42. The molecule has 0 atom stereocenters. The highest BCUT2D eigenvalue weighted by molar-refractivity contribution is 9.10. The zero-order chi connectivity index (χ0) is 17.9. The second-order valence-corrected chi connectivity index (χ2v) is 8.25. The van der Waals surface area contributed by atoms with Crippen LogP contribution in [0, 0.1) is 6.92 Å². The van der Waals surface area contributed by atoms with Gasteiger partial charge in [0.05, 0.1) is 19.1 Å². The van der Waals surface area contributed by atoms with E-state index in [0.29, 0.717) is 17.1 Å². The molecule has 0 fully saturated rings. The van der Waals surface area contributed by atoms with E-state index in [-0.39, 0.29) is 11.4 Å². The van der Waals surface area contributed by atoms with Gasteiger partial charge in [0, 0.05) is 23.6 Å². The third-order valence-electron chi connectivity index (χ3n) is 3.72. The van der Waals surface area contributed by atoms with Crippen molar-refractivity contribution in [2.24, 2.45) is 0 Å². The topological polar surface area (TPSA) is 55.8 Å². The van der Waals surface area contributed by atoms with Gasteiger partial charge in [-0.25, -0.2) is 8.42 Å². The number of halogens is 1. The summed E-state index contributed by atoms with van der Waals surface area (Å²) in [5, 5.41) is 0. The lowest BCUT2D eigenvalue weighted by Crippen LogP contribution is -2.27. The first-order valence-corrected chi connectivity index (χ1v) is 9.47. The molecule has 130 valence electrons. The quantitative estimate of drug-likeness (QED) is 0.725. The van der Waals surface area contributed by atoms with Crippen molar-refractivity contribution in [2.75, 3.05) is 21.3 Å². The minimum absolute atomic E-state index is 0.175. The van der Waals surface area contributed by atoms with E-state index >= 15 is 0 Å². The first-order valence-electron chi connectivity index (χ1n) is 7.23. The molecule has 0 aliphatic heterocycles. The minimum atomic E-state index is -3.63. The number of nitrogens with zero attached hydrogens (tertiary/aromatic N) is 1. The Kier molecular flexibility index (Phi) is 5.90. The molecule has 0 spiro atoms. The molecule has 0 aliphatic rings. The molecule has 2 aromatic carbocycles. The molecule has 5 nitrogen and oxygen atoms in total. The Morgan fingerprint density at radius 1 is 1.12 bits per heavy atom. The molecule has 7 heteroatoms. The van der Waals surface area contributed by atoms with E-state index < -0.39 is 10.0 Å². The van der Waals surface area contributed by atoms with Crippen molar-refractivity contribution in [2.45, 2.75) is 18.4 Å². The highest BCUT2D eigenvalue weighted by Crippen LogP contribution is 2.32. The van der Waals surface area contributed by atoms with E-state index in [1.807, 2.05) is 18.2 Å². The summed E-state index contributed by atoms with van der Waals surface area (Å²) < 4.78 is 38.5. The molecule has 0 bridgehead atoms. The second-order valence-electron chi connectivity index (χ2n) is 5.32. The van der Waals surface area contributed by atoms with Crippen molar-refractivity contribution in [3.63, 3.8) is 0 Å². The van der Waals surface area contributed by atoms with Crippen LogP contribution in [0.15, 0.2) is 45.8 Å². The molecule has 0 radical (unpaired) electrons. The summed E-state index contributed by atoms with van der Waals surface area (Å²) in [6, 6.07) is 10.6. The van der Waals surface area contributed by atoms with Gasteiger partial charge in [0.25, 0.3) is 0 Å². The maximum absolute atomic E-state index is 12.9. The normalized spacial score (nSPS) is 11.6. The van der Waals surface area contributed by atoms with Gasteiger partial charge in [-0.15, -0.1) is 0 Å². The maximum Gasteiger partial charge on any atom is 0.243 e. The molecule has 0 amide bonds. The van der Waals surface area contributed by atoms with Crippen molar-refractivity contribution in [1.29, 1.82) is 0 Å². The summed E-state index contributed by atoms with van der Waals surface area (Å²) in [4.78, 5) is 0.279. The molecule has 0 aliphatic carbocycles. The molecule has 0 unspecified atom stereocenters. The number of hydrogen-bond acceptors (Lipinski definition) is 4. The summed E-state index contributed by atoms with van der Waals surface area (Å²) in [5.41, 5.74) is 1.43. The number of hydrogen-bond donors (Lipinski definition) is 0. The van der Waals surface area contributed by atoms with Gasteiger partial charge in [-0.05, 0) is 30.7 Å². The third kappa shape index (κ3) is 3.74. The van der Waals surface area contributed by atoms with Crippen molar-refractivity contribution >= 4 is 26.0 Å². The van der Waals surface area contributed by atoms with Gasteiger partial charge in [0.15, 0.2) is 11.5 Å². The lowest BCUT2D eigenvalue weighted by Gasteiger charge is -2.20. The van der Waals surface area contributed by atoms with Gasteiger partial charge in [0.1, 0.15) is 0 Å². The first-order chi connectivity index (χ1) is 11.3. The van der Waals surface area contributed by atoms with E-state index in [2.05, 4.69) is 15.9 Å². The summed E-state index contributed by atoms with van der Waals surface area (Å²) >= 11 is 3.33. The first kappa shape index (κ1) is 18.8. The predicted octanol–water partition coefficient (Wildman–Crippen LogP) is 3.60. The van der Waals surface area contributed by atoms with E-state index in [9.17, 15) is 8.42 Å². The number of para-hydroxylation sites is 1. The molecule has 0 aromatic heterocycles. The van der Waals surface area contributed by atoms with E-state index in [0.717, 1.165) is 10.0 Å². The molecule has 24 heavy (non-hydrogen) atoms. The van der Waals surface area contributed by atoms with Gasteiger partial charge in [-0.3, -0.25) is 0 Å². The summed E-state index contributed by atoms with van der Waals surface area (Å²) in [7, 11) is 1.01. The molecular formula is C17H20BrNO4S. The fourth-order valence-corrected chi connectivity index (χ4v) is 4.33. The van der Waals surface area contributed by atoms with Gasteiger partial charge < -0.3 is 9.47 Å². The number of benzene rings is 2. The van der Waals surface area contributed by atoms with Crippen molar-refractivity contribution in [3.05, 3.63) is 52.0 Å². The number of methoxy groups -OCH3 is 2. The largest absolute Gasteiger partial charge is 0.493 e. The zero-order valence-corrected chi connectivity index (χ0v) is 16.4. The highest BCUT2D eigenvalue weighted by Gasteiger charge is 2.24. The number of ether oxygens (including phenoxy) is 2. The van der Waals surface area contributed by atoms with Crippen LogP contribution in [-0.2, 0) is 16.6 Å². The number of sulfonamides is 1. The summed E-state index contributed by atoms with van der Waals surface area (Å²) in [6.07, 6.45) is 0. The number of aryl methyl sites for hydroxylation is 1. The molecule has 0 saturated carbocycles. The molecule has 0 heterocycles. The molecule has 0 N–H and O–H groups in total. The number of rotatable bonds is 6. The maximum atomic E-state index is 12.9. The fraction of sp³-hybridized carbons (Fsp3) is 0.294. The molecule has 0 saturated heterocycles. The monoisotopic (exact) mass is 413 g/mol. The van der Waals surface area contributed by atoms with Crippen LogP contribution >= 0.6 is 15.9 Å². The van der Waals surface area contributed by atoms with Crippen molar-refractivity contribution in [3.8, 4) is 11.5 Å². The average molecular weight is 414 g/mol. The van der Waals surface area contributed by atoms with Crippen LogP contribution in [0.2, 0.25) is 0 Å². The Bertz CT molecular complexity index is 836. The van der Waals surface area contributed by atoms with Crippen molar-refractivity contribution in [1.82, 2.24) is 4.31 Å².